The molecule has 0 saturated carbocycles. The van der Waals surface area contributed by atoms with Gasteiger partial charge in [0.15, 0.2) is 0 Å². The molecule has 7 nitrogen and oxygen atoms in total. The summed E-state index contributed by atoms with van der Waals surface area (Å²) < 4.78 is 15.0. The number of aliphatic hydroxyl groups excluding tert-OH is 4. The summed E-state index contributed by atoms with van der Waals surface area (Å²) >= 11 is 0. The molecule has 4 N–H and O–H groups in total. The summed E-state index contributed by atoms with van der Waals surface area (Å²) in [5.41, 5.74) is 0. The van der Waals surface area contributed by atoms with Crippen LogP contribution >= 0.6 is 0 Å². The van der Waals surface area contributed by atoms with Crippen molar-refractivity contribution in [2.45, 2.75) is 78.1 Å². The van der Waals surface area contributed by atoms with Gasteiger partial charge in [0.25, 0.3) is 0 Å². The lowest BCUT2D eigenvalue weighted by atomic mass is 10.2. The van der Waals surface area contributed by atoms with Gasteiger partial charge in [-0.3, -0.25) is 0 Å². The second-order valence-corrected chi connectivity index (χ2v) is 6.56. The Morgan fingerprint density at radius 3 is 0.966 bits per heavy atom. The summed E-state index contributed by atoms with van der Waals surface area (Å²) in [4.78, 5) is 0. The van der Waals surface area contributed by atoms with E-state index in [0.29, 0.717) is 52.9 Å². The first-order valence-electron chi connectivity index (χ1n) is 11.4. The summed E-state index contributed by atoms with van der Waals surface area (Å²) in [6.45, 7) is 7.88. The van der Waals surface area contributed by atoms with E-state index < -0.39 is 0 Å². The lowest BCUT2D eigenvalue weighted by Gasteiger charge is -2.04. The average Bonchev–Trinajstić information content (AvgIpc) is 2.74. The van der Waals surface area contributed by atoms with Crippen LogP contribution in [0.1, 0.15) is 78.1 Å². The van der Waals surface area contributed by atoms with Crippen LogP contribution in [0.4, 0.5) is 0 Å². The second kappa shape index (κ2) is 38.3. The van der Waals surface area contributed by atoms with Gasteiger partial charge in [-0.1, -0.05) is 65.2 Å². The van der Waals surface area contributed by atoms with E-state index in [0.717, 1.165) is 12.8 Å². The molecular weight excluding hydrogens is 376 g/mol. The van der Waals surface area contributed by atoms with Crippen molar-refractivity contribution in [3.8, 4) is 0 Å². The molecule has 0 rings (SSSR count). The smallest absolute Gasteiger partial charge is 0.0701 e. The number of hydrogen-bond acceptors (Lipinski definition) is 7. The molecule has 0 amide bonds. The zero-order valence-electron chi connectivity index (χ0n) is 19.2. The second-order valence-electron chi connectivity index (χ2n) is 6.56. The fraction of sp³-hybridized carbons (Fsp3) is 1.00. The number of hydrogen-bond donors (Lipinski definition) is 4. The minimum Gasteiger partial charge on any atom is -0.396 e. The highest BCUT2D eigenvalue weighted by Gasteiger charge is 1.90. The van der Waals surface area contributed by atoms with Crippen molar-refractivity contribution in [1.82, 2.24) is 0 Å². The van der Waals surface area contributed by atoms with Crippen molar-refractivity contribution in [2.24, 2.45) is 0 Å². The van der Waals surface area contributed by atoms with Gasteiger partial charge in [-0.05, 0) is 12.8 Å². The maximum atomic E-state index is 8.37. The molecular formula is C22H50O7. The van der Waals surface area contributed by atoms with Crippen molar-refractivity contribution in [3.05, 3.63) is 0 Å². The molecule has 0 bridgehead atoms. The van der Waals surface area contributed by atoms with E-state index in [1.807, 2.05) is 0 Å². The van der Waals surface area contributed by atoms with Gasteiger partial charge >= 0.3 is 0 Å². The average molecular weight is 427 g/mol. The zero-order chi connectivity index (χ0) is 22.3. The zero-order valence-corrected chi connectivity index (χ0v) is 19.2. The van der Waals surface area contributed by atoms with Gasteiger partial charge < -0.3 is 34.6 Å². The van der Waals surface area contributed by atoms with Crippen LogP contribution in [0.15, 0.2) is 0 Å². The molecule has 0 aromatic rings. The summed E-state index contributed by atoms with van der Waals surface area (Å²) in [6.07, 6.45) is 12.2. The lowest BCUT2D eigenvalue weighted by molar-refractivity contribution is 0.00230. The molecule has 0 saturated heterocycles. The Hall–Kier alpha value is -0.280. The topological polar surface area (TPSA) is 109 Å². The normalized spacial score (nSPS) is 10.1. The van der Waals surface area contributed by atoms with Gasteiger partial charge in [-0.15, -0.1) is 0 Å². The van der Waals surface area contributed by atoms with Crippen LogP contribution in [0.3, 0.4) is 0 Å². The van der Waals surface area contributed by atoms with Crippen molar-refractivity contribution in [1.29, 1.82) is 0 Å². The van der Waals surface area contributed by atoms with Crippen molar-refractivity contribution in [3.63, 3.8) is 0 Å². The van der Waals surface area contributed by atoms with Crippen molar-refractivity contribution < 1.29 is 34.6 Å². The van der Waals surface area contributed by atoms with Gasteiger partial charge in [0, 0.05) is 13.2 Å². The molecule has 0 heterocycles. The number of ether oxygens (including phenoxy) is 3. The Morgan fingerprint density at radius 2 is 0.690 bits per heavy atom. The minimum atomic E-state index is 0.0413. The van der Waals surface area contributed by atoms with Crippen LogP contribution in [0.5, 0.6) is 0 Å². The Kier molecular flexibility index (Phi) is 44.1. The first-order chi connectivity index (χ1) is 14.2. The van der Waals surface area contributed by atoms with Gasteiger partial charge in [0.1, 0.15) is 0 Å². The Balaban J connectivity index is -0.000000368. The third-order valence-corrected chi connectivity index (χ3v) is 3.74. The highest BCUT2D eigenvalue weighted by atomic mass is 16.5. The van der Waals surface area contributed by atoms with E-state index in [9.17, 15) is 0 Å². The molecule has 180 valence electrons. The third-order valence-electron chi connectivity index (χ3n) is 3.74. The summed E-state index contributed by atoms with van der Waals surface area (Å²) in [5.74, 6) is 0. The Bertz CT molecular complexity index is 197. The van der Waals surface area contributed by atoms with Gasteiger partial charge in [0.05, 0.1) is 52.9 Å². The van der Waals surface area contributed by atoms with Crippen LogP contribution in [0.25, 0.3) is 0 Å². The molecule has 0 aromatic carbocycles. The first kappa shape index (κ1) is 33.4. The molecule has 0 aliphatic carbocycles. The van der Waals surface area contributed by atoms with Crippen LogP contribution < -0.4 is 0 Å². The summed E-state index contributed by atoms with van der Waals surface area (Å²) in [6, 6.07) is 0. The lowest BCUT2D eigenvalue weighted by Crippen LogP contribution is -2.11. The molecule has 7 heteroatoms. The van der Waals surface area contributed by atoms with E-state index in [4.69, 9.17) is 34.6 Å². The molecule has 0 spiro atoms. The van der Waals surface area contributed by atoms with Gasteiger partial charge in [0.2, 0.25) is 0 Å². The van der Waals surface area contributed by atoms with Crippen molar-refractivity contribution >= 4 is 0 Å². The summed E-state index contributed by atoms with van der Waals surface area (Å²) in [5, 5.41) is 33.4. The molecule has 0 unspecified atom stereocenters. The fourth-order valence-corrected chi connectivity index (χ4v) is 2.10. The first-order valence-corrected chi connectivity index (χ1v) is 11.4. The number of rotatable bonds is 20. The monoisotopic (exact) mass is 426 g/mol. The third kappa shape index (κ3) is 47.2. The van der Waals surface area contributed by atoms with Crippen molar-refractivity contribution in [2.75, 3.05) is 66.1 Å². The van der Waals surface area contributed by atoms with Crippen LogP contribution in [-0.4, -0.2) is 86.5 Å². The standard InChI is InChI=1S/C8H18O5.2C7H16O/c9-1-3-11-5-7-13-8-6-12-4-2-10;2*1-2-3-4-5-6-7-8/h9-10H,1-8H2;2*8H,2-7H2,1H3. The predicted octanol–water partition coefficient (Wildman–Crippen LogP) is 2.92. The van der Waals surface area contributed by atoms with E-state index in [1.54, 1.807) is 0 Å². The van der Waals surface area contributed by atoms with Crippen LogP contribution in [0, 0.1) is 0 Å². The number of unbranched alkanes of at least 4 members (excludes halogenated alkanes) is 8. The molecule has 0 radical (unpaired) electrons. The van der Waals surface area contributed by atoms with Gasteiger partial charge in [-0.25, -0.2) is 0 Å². The minimum absolute atomic E-state index is 0.0413. The van der Waals surface area contributed by atoms with Crippen LogP contribution in [-0.2, 0) is 14.2 Å². The summed E-state index contributed by atoms with van der Waals surface area (Å²) in [7, 11) is 0. The molecule has 0 fully saturated rings. The molecule has 29 heavy (non-hydrogen) atoms. The SMILES string of the molecule is CCCCCCCO.CCCCCCCO.OCCOCCOCCOCCO. The quantitative estimate of drug-likeness (QED) is 0.222. The van der Waals surface area contributed by atoms with E-state index >= 15 is 0 Å². The molecule has 0 aliphatic rings. The highest BCUT2D eigenvalue weighted by molar-refractivity contribution is 4.40. The Labute approximate surface area is 179 Å². The maximum Gasteiger partial charge on any atom is 0.0701 e. The molecule has 0 atom stereocenters. The van der Waals surface area contributed by atoms with E-state index in [2.05, 4.69) is 13.8 Å². The van der Waals surface area contributed by atoms with Crippen LogP contribution in [0.2, 0.25) is 0 Å². The number of aliphatic hydroxyl groups is 4. The van der Waals surface area contributed by atoms with Gasteiger partial charge in [-0.2, -0.15) is 0 Å². The molecule has 0 aromatic heterocycles. The highest BCUT2D eigenvalue weighted by Crippen LogP contribution is 2.01. The van der Waals surface area contributed by atoms with E-state index in [1.165, 1.54) is 51.4 Å². The maximum absolute atomic E-state index is 8.37. The molecule has 0 aliphatic heterocycles. The fourth-order valence-electron chi connectivity index (χ4n) is 2.10. The predicted molar refractivity (Wildman–Crippen MR) is 118 cm³/mol. The van der Waals surface area contributed by atoms with E-state index in [-0.39, 0.29) is 13.2 Å². The Morgan fingerprint density at radius 1 is 0.379 bits per heavy atom. The largest absolute Gasteiger partial charge is 0.396 e.